The summed E-state index contributed by atoms with van der Waals surface area (Å²) in [5, 5.41) is 9.34. The maximum atomic E-state index is 12.8. The van der Waals surface area contributed by atoms with Crippen LogP contribution in [0.4, 0.5) is 0 Å². The first-order valence-corrected chi connectivity index (χ1v) is 6.99. The average Bonchev–Trinajstić information content (AvgIpc) is 2.56. The zero-order valence-corrected chi connectivity index (χ0v) is 12.1. The van der Waals surface area contributed by atoms with Crippen LogP contribution in [-0.4, -0.2) is 25.8 Å². The molecule has 0 aromatic heterocycles. The van der Waals surface area contributed by atoms with Crippen molar-refractivity contribution in [3.63, 3.8) is 0 Å². The highest BCUT2D eigenvalue weighted by Crippen LogP contribution is 2.52. The van der Waals surface area contributed by atoms with Crippen molar-refractivity contribution in [2.45, 2.75) is 18.1 Å². The first-order chi connectivity index (χ1) is 10.2. The van der Waals surface area contributed by atoms with E-state index >= 15 is 0 Å². The third kappa shape index (κ3) is 1.85. The molecule has 0 saturated heterocycles. The molecule has 0 amide bonds. The first kappa shape index (κ1) is 14.0. The quantitative estimate of drug-likeness (QED) is 0.799. The molecule has 3 aliphatic rings. The lowest BCUT2D eigenvalue weighted by atomic mass is 9.60. The Morgan fingerprint density at radius 3 is 2.48 bits per heavy atom. The number of Topliss-reactive ketones (excluding diaryl/α,β-unsaturated/α-hetero) is 1. The number of hydrogen-bond donors (Lipinski definition) is 0. The molecule has 0 unspecified atom stereocenters. The van der Waals surface area contributed by atoms with Gasteiger partial charge in [-0.25, -0.2) is 0 Å². The van der Waals surface area contributed by atoms with Gasteiger partial charge in [-0.05, 0) is 17.9 Å². The Morgan fingerprint density at radius 2 is 1.90 bits per heavy atom. The van der Waals surface area contributed by atoms with E-state index in [1.54, 1.807) is 6.08 Å². The minimum absolute atomic E-state index is 0.0826. The second kappa shape index (κ2) is 5.10. The molecule has 1 fully saturated rings. The molecular formula is C17H17NO3. The number of nitriles is 1. The molecule has 3 aliphatic carbocycles. The van der Waals surface area contributed by atoms with Crippen molar-refractivity contribution >= 4 is 5.78 Å². The summed E-state index contributed by atoms with van der Waals surface area (Å²) in [4.78, 5) is 12.8. The van der Waals surface area contributed by atoms with E-state index < -0.39 is 5.79 Å². The Morgan fingerprint density at radius 1 is 1.24 bits per heavy atom. The topological polar surface area (TPSA) is 59.3 Å². The van der Waals surface area contributed by atoms with Crippen LogP contribution in [-0.2, 0) is 14.3 Å². The number of nitrogens with zero attached hydrogens (tertiary/aromatic N) is 1. The van der Waals surface area contributed by atoms with Gasteiger partial charge in [0.1, 0.15) is 0 Å². The molecule has 0 spiro atoms. The number of ether oxygens (including phenoxy) is 2. The van der Waals surface area contributed by atoms with Gasteiger partial charge in [-0.3, -0.25) is 4.79 Å². The first-order valence-electron chi connectivity index (χ1n) is 6.99. The fourth-order valence-electron chi connectivity index (χ4n) is 3.70. The number of methoxy groups -OCH3 is 2. The number of allylic oxidation sites excluding steroid dienone is 1. The van der Waals surface area contributed by atoms with E-state index in [0.29, 0.717) is 12.0 Å². The SMILES string of the molecule is COC1(OC)C(=O)[C@H]2C=C(C#N)[C@H]1C[C@H]2c1ccccc1. The fraction of sp³-hybridized carbons (Fsp3) is 0.412. The third-order valence-electron chi connectivity index (χ3n) is 4.73. The van der Waals surface area contributed by atoms with E-state index in [1.165, 1.54) is 14.2 Å². The van der Waals surface area contributed by atoms with E-state index in [-0.39, 0.29) is 23.5 Å². The molecule has 21 heavy (non-hydrogen) atoms. The van der Waals surface area contributed by atoms with Gasteiger partial charge in [0.15, 0.2) is 5.78 Å². The van der Waals surface area contributed by atoms with Crippen LogP contribution in [0.15, 0.2) is 42.0 Å². The van der Waals surface area contributed by atoms with E-state index in [1.807, 2.05) is 30.3 Å². The number of rotatable bonds is 3. The summed E-state index contributed by atoms with van der Waals surface area (Å²) in [6.07, 6.45) is 2.48. The van der Waals surface area contributed by atoms with E-state index in [4.69, 9.17) is 9.47 Å². The second-order valence-corrected chi connectivity index (χ2v) is 5.51. The van der Waals surface area contributed by atoms with Crippen LogP contribution >= 0.6 is 0 Å². The van der Waals surface area contributed by atoms with Crippen molar-refractivity contribution in [3.05, 3.63) is 47.5 Å². The molecule has 0 heterocycles. The van der Waals surface area contributed by atoms with Crippen LogP contribution in [0.3, 0.4) is 0 Å². The molecule has 0 radical (unpaired) electrons. The van der Waals surface area contributed by atoms with E-state index in [0.717, 1.165) is 5.56 Å². The zero-order chi connectivity index (χ0) is 15.0. The molecule has 4 rings (SSSR count). The number of hydrogen-bond acceptors (Lipinski definition) is 4. The number of fused-ring (bicyclic) bond motifs is 2. The molecule has 1 aromatic carbocycles. The van der Waals surface area contributed by atoms with E-state index in [9.17, 15) is 10.1 Å². The van der Waals surface area contributed by atoms with Gasteiger partial charge in [-0.15, -0.1) is 0 Å². The molecule has 0 N–H and O–H groups in total. The summed E-state index contributed by atoms with van der Waals surface area (Å²) in [7, 11) is 2.93. The van der Waals surface area contributed by atoms with Crippen molar-refractivity contribution in [1.82, 2.24) is 0 Å². The molecular weight excluding hydrogens is 266 g/mol. The fourth-order valence-corrected chi connectivity index (χ4v) is 3.70. The minimum Gasteiger partial charge on any atom is -0.346 e. The van der Waals surface area contributed by atoms with Crippen LogP contribution in [0.5, 0.6) is 0 Å². The van der Waals surface area contributed by atoms with Crippen LogP contribution in [0.25, 0.3) is 0 Å². The smallest absolute Gasteiger partial charge is 0.236 e. The Bertz CT molecular complexity index is 625. The monoisotopic (exact) mass is 283 g/mol. The molecule has 108 valence electrons. The molecule has 4 nitrogen and oxygen atoms in total. The molecule has 2 bridgehead atoms. The van der Waals surface area contributed by atoms with Crippen molar-refractivity contribution in [3.8, 4) is 6.07 Å². The van der Waals surface area contributed by atoms with Gasteiger partial charge in [0.05, 0.1) is 12.0 Å². The standard InChI is InChI=1S/C17H17NO3/c1-20-17(21-2)15-9-13(11-6-4-3-5-7-11)14(16(17)19)8-12(15)10-18/h3-8,13-15H,9H2,1-2H3/t13-,14-,15+/m0/s1. The highest BCUT2D eigenvalue weighted by molar-refractivity contribution is 5.94. The summed E-state index contributed by atoms with van der Waals surface area (Å²) in [6.45, 7) is 0. The van der Waals surface area contributed by atoms with Crippen LogP contribution in [0.2, 0.25) is 0 Å². The number of benzene rings is 1. The Labute approximate surface area is 124 Å². The van der Waals surface area contributed by atoms with Crippen LogP contribution < -0.4 is 0 Å². The summed E-state index contributed by atoms with van der Waals surface area (Å²) < 4.78 is 10.9. The maximum Gasteiger partial charge on any atom is 0.236 e. The Balaban J connectivity index is 2.07. The highest BCUT2D eigenvalue weighted by Gasteiger charge is 2.60. The zero-order valence-electron chi connectivity index (χ0n) is 12.1. The average molecular weight is 283 g/mol. The van der Waals surface area contributed by atoms with Gasteiger partial charge in [0, 0.05) is 25.7 Å². The normalized spacial score (nSPS) is 29.9. The number of carbonyl (C=O) groups excluding carboxylic acids is 1. The summed E-state index contributed by atoms with van der Waals surface area (Å²) >= 11 is 0. The third-order valence-corrected chi connectivity index (χ3v) is 4.73. The van der Waals surface area contributed by atoms with Crippen molar-refractivity contribution < 1.29 is 14.3 Å². The summed E-state index contributed by atoms with van der Waals surface area (Å²) in [5.74, 6) is -2.03. The van der Waals surface area contributed by atoms with Gasteiger partial charge in [0.2, 0.25) is 5.79 Å². The van der Waals surface area contributed by atoms with Crippen LogP contribution in [0, 0.1) is 23.2 Å². The number of ketones is 1. The Hall–Kier alpha value is -1.96. The molecule has 4 heteroatoms. The van der Waals surface area contributed by atoms with Gasteiger partial charge in [0.25, 0.3) is 0 Å². The second-order valence-electron chi connectivity index (χ2n) is 5.51. The lowest BCUT2D eigenvalue weighted by Gasteiger charge is -2.49. The van der Waals surface area contributed by atoms with Gasteiger partial charge < -0.3 is 9.47 Å². The minimum atomic E-state index is -1.31. The maximum absolute atomic E-state index is 12.8. The van der Waals surface area contributed by atoms with Gasteiger partial charge >= 0.3 is 0 Å². The Kier molecular flexibility index (Phi) is 3.40. The summed E-state index contributed by atoms with van der Waals surface area (Å²) in [6, 6.07) is 12.1. The lowest BCUT2D eigenvalue weighted by Crippen LogP contribution is -2.59. The van der Waals surface area contributed by atoms with Gasteiger partial charge in [-0.2, -0.15) is 5.26 Å². The largest absolute Gasteiger partial charge is 0.346 e. The lowest BCUT2D eigenvalue weighted by molar-refractivity contribution is -0.238. The predicted molar refractivity (Wildman–Crippen MR) is 76.2 cm³/mol. The van der Waals surface area contributed by atoms with E-state index in [2.05, 4.69) is 6.07 Å². The highest BCUT2D eigenvalue weighted by atomic mass is 16.7. The van der Waals surface area contributed by atoms with Crippen LogP contribution in [0.1, 0.15) is 17.9 Å². The molecule has 3 atom stereocenters. The predicted octanol–water partition coefficient (Wildman–Crippen LogP) is 2.43. The van der Waals surface area contributed by atoms with Gasteiger partial charge in [-0.1, -0.05) is 36.4 Å². The molecule has 1 saturated carbocycles. The van der Waals surface area contributed by atoms with Crippen molar-refractivity contribution in [2.75, 3.05) is 14.2 Å². The van der Waals surface area contributed by atoms with Crippen molar-refractivity contribution in [2.24, 2.45) is 11.8 Å². The number of carbonyl (C=O) groups is 1. The molecule has 1 aromatic rings. The van der Waals surface area contributed by atoms with Crippen molar-refractivity contribution in [1.29, 1.82) is 5.26 Å². The molecule has 0 aliphatic heterocycles. The summed E-state index contributed by atoms with van der Waals surface area (Å²) in [5.41, 5.74) is 1.71.